The molecule has 1 unspecified atom stereocenters. The Kier molecular flexibility index (Phi) is 6.73. The SMILES string of the molecule is COc1ccc(F)c(C(O)[C@@H](CO)NC(=O)OCc2ccccc2)c1. The van der Waals surface area contributed by atoms with E-state index in [0.29, 0.717) is 5.75 Å². The first-order chi connectivity index (χ1) is 12.0. The molecule has 2 atom stereocenters. The van der Waals surface area contributed by atoms with Crippen LogP contribution < -0.4 is 10.1 Å². The molecule has 134 valence electrons. The van der Waals surface area contributed by atoms with Crippen LogP contribution in [0.4, 0.5) is 9.18 Å². The van der Waals surface area contributed by atoms with Crippen molar-refractivity contribution in [2.45, 2.75) is 18.8 Å². The highest BCUT2D eigenvalue weighted by Gasteiger charge is 2.25. The maximum absolute atomic E-state index is 13.9. The summed E-state index contributed by atoms with van der Waals surface area (Å²) < 4.78 is 23.9. The van der Waals surface area contributed by atoms with Gasteiger partial charge < -0.3 is 25.0 Å². The average Bonchev–Trinajstić information content (AvgIpc) is 2.65. The van der Waals surface area contributed by atoms with E-state index in [-0.39, 0.29) is 12.2 Å². The minimum Gasteiger partial charge on any atom is -0.497 e. The molecule has 3 N–H and O–H groups in total. The first kappa shape index (κ1) is 18.7. The Morgan fingerprint density at radius 2 is 1.96 bits per heavy atom. The Labute approximate surface area is 144 Å². The molecule has 0 saturated heterocycles. The molecule has 2 rings (SSSR count). The summed E-state index contributed by atoms with van der Waals surface area (Å²) in [5.74, 6) is -0.329. The highest BCUT2D eigenvalue weighted by Crippen LogP contribution is 2.25. The van der Waals surface area contributed by atoms with Gasteiger partial charge in [0.05, 0.1) is 19.8 Å². The van der Waals surface area contributed by atoms with Gasteiger partial charge in [0.15, 0.2) is 0 Å². The molecule has 0 aliphatic carbocycles. The molecule has 7 heteroatoms. The van der Waals surface area contributed by atoms with Crippen LogP contribution in [0.3, 0.4) is 0 Å². The number of ether oxygens (including phenoxy) is 2. The molecule has 6 nitrogen and oxygen atoms in total. The summed E-state index contributed by atoms with van der Waals surface area (Å²) >= 11 is 0. The van der Waals surface area contributed by atoms with Crippen LogP contribution in [0.5, 0.6) is 5.75 Å². The summed E-state index contributed by atoms with van der Waals surface area (Å²) in [4.78, 5) is 11.9. The molecule has 0 saturated carbocycles. The van der Waals surface area contributed by atoms with Crippen molar-refractivity contribution in [2.24, 2.45) is 0 Å². The molecule has 0 aromatic heterocycles. The molecular formula is C18H20FNO5. The lowest BCUT2D eigenvalue weighted by Crippen LogP contribution is -2.42. The number of aliphatic hydroxyl groups is 2. The number of amides is 1. The highest BCUT2D eigenvalue weighted by atomic mass is 19.1. The predicted molar refractivity (Wildman–Crippen MR) is 88.5 cm³/mol. The Balaban J connectivity index is 2.00. The lowest BCUT2D eigenvalue weighted by atomic mass is 10.0. The molecule has 0 aliphatic heterocycles. The highest BCUT2D eigenvalue weighted by molar-refractivity contribution is 5.67. The third-order valence-electron chi connectivity index (χ3n) is 3.62. The van der Waals surface area contributed by atoms with Crippen molar-refractivity contribution in [1.29, 1.82) is 0 Å². The number of benzene rings is 2. The van der Waals surface area contributed by atoms with Crippen LogP contribution in [0, 0.1) is 5.82 Å². The topological polar surface area (TPSA) is 88.0 Å². The van der Waals surface area contributed by atoms with Gasteiger partial charge in [-0.15, -0.1) is 0 Å². The zero-order chi connectivity index (χ0) is 18.2. The second-order valence-corrected chi connectivity index (χ2v) is 5.33. The van der Waals surface area contributed by atoms with Crippen LogP contribution in [-0.4, -0.2) is 36.1 Å². The predicted octanol–water partition coefficient (Wildman–Crippen LogP) is 2.16. The van der Waals surface area contributed by atoms with Crippen LogP contribution in [0.1, 0.15) is 17.2 Å². The molecule has 0 spiro atoms. The van der Waals surface area contributed by atoms with Crippen LogP contribution in [-0.2, 0) is 11.3 Å². The standard InChI is InChI=1S/C18H20FNO5/c1-24-13-7-8-15(19)14(9-13)17(22)16(10-21)20-18(23)25-11-12-5-3-2-4-6-12/h2-9,16-17,21-22H,10-11H2,1H3,(H,20,23)/t16-,17?/m1/s1. The molecule has 0 bridgehead atoms. The zero-order valence-corrected chi connectivity index (χ0v) is 13.7. The smallest absolute Gasteiger partial charge is 0.407 e. The number of halogens is 1. The molecule has 0 aliphatic rings. The average molecular weight is 349 g/mol. The summed E-state index contributed by atoms with van der Waals surface area (Å²) in [5, 5.41) is 22.0. The van der Waals surface area contributed by atoms with Gasteiger partial charge in [0, 0.05) is 5.56 Å². The number of aliphatic hydroxyl groups excluding tert-OH is 2. The molecule has 1 amide bonds. The first-order valence-electron chi connectivity index (χ1n) is 7.64. The van der Waals surface area contributed by atoms with Crippen molar-refractivity contribution in [3.05, 3.63) is 65.5 Å². The first-order valence-corrected chi connectivity index (χ1v) is 7.64. The van der Waals surface area contributed by atoms with Gasteiger partial charge in [0.1, 0.15) is 24.3 Å². The minimum atomic E-state index is -1.47. The van der Waals surface area contributed by atoms with Gasteiger partial charge in [-0.2, -0.15) is 0 Å². The number of nitrogens with one attached hydrogen (secondary N) is 1. The number of methoxy groups -OCH3 is 1. The summed E-state index contributed by atoms with van der Waals surface area (Å²) in [6.07, 6.45) is -2.30. The maximum Gasteiger partial charge on any atom is 0.407 e. The fraction of sp³-hybridized carbons (Fsp3) is 0.278. The van der Waals surface area contributed by atoms with E-state index in [1.165, 1.54) is 19.2 Å². The van der Waals surface area contributed by atoms with E-state index in [9.17, 15) is 19.4 Å². The number of hydrogen-bond acceptors (Lipinski definition) is 5. The second-order valence-electron chi connectivity index (χ2n) is 5.33. The number of carbonyl (C=O) groups excluding carboxylic acids is 1. The van der Waals surface area contributed by atoms with E-state index in [0.717, 1.165) is 11.6 Å². The van der Waals surface area contributed by atoms with Gasteiger partial charge in [0.2, 0.25) is 0 Å². The second kappa shape index (κ2) is 9.00. The Morgan fingerprint density at radius 3 is 2.60 bits per heavy atom. The number of hydrogen-bond donors (Lipinski definition) is 3. The van der Waals surface area contributed by atoms with Crippen molar-refractivity contribution in [1.82, 2.24) is 5.32 Å². The fourth-order valence-electron chi connectivity index (χ4n) is 2.23. The molecule has 2 aromatic carbocycles. The lowest BCUT2D eigenvalue weighted by molar-refractivity contribution is 0.0742. The summed E-state index contributed by atoms with van der Waals surface area (Å²) in [5.41, 5.74) is 0.694. The largest absolute Gasteiger partial charge is 0.497 e. The summed E-state index contributed by atoms with van der Waals surface area (Å²) in [6.45, 7) is -0.563. The van der Waals surface area contributed by atoms with Crippen LogP contribution in [0.25, 0.3) is 0 Å². The normalized spacial score (nSPS) is 13.0. The Morgan fingerprint density at radius 1 is 1.24 bits per heavy atom. The van der Waals surface area contributed by atoms with Crippen molar-refractivity contribution >= 4 is 6.09 Å². The van der Waals surface area contributed by atoms with E-state index in [1.54, 1.807) is 12.1 Å². The molecule has 0 fully saturated rings. The third kappa shape index (κ3) is 5.17. The van der Waals surface area contributed by atoms with Crippen molar-refractivity contribution in [3.8, 4) is 5.75 Å². The number of alkyl carbamates (subject to hydrolysis) is 1. The van der Waals surface area contributed by atoms with Crippen LogP contribution >= 0.6 is 0 Å². The number of rotatable bonds is 7. The Bertz CT molecular complexity index is 695. The van der Waals surface area contributed by atoms with E-state index < -0.39 is 30.7 Å². The monoisotopic (exact) mass is 349 g/mol. The molecule has 25 heavy (non-hydrogen) atoms. The van der Waals surface area contributed by atoms with Gasteiger partial charge in [-0.05, 0) is 23.8 Å². The van der Waals surface area contributed by atoms with Gasteiger partial charge in [-0.1, -0.05) is 30.3 Å². The van der Waals surface area contributed by atoms with Gasteiger partial charge in [-0.25, -0.2) is 9.18 Å². The van der Waals surface area contributed by atoms with Gasteiger partial charge in [-0.3, -0.25) is 0 Å². The quantitative estimate of drug-likeness (QED) is 0.713. The third-order valence-corrected chi connectivity index (χ3v) is 3.62. The molecule has 0 radical (unpaired) electrons. The Hall–Kier alpha value is -2.64. The lowest BCUT2D eigenvalue weighted by Gasteiger charge is -2.23. The van der Waals surface area contributed by atoms with E-state index in [4.69, 9.17) is 9.47 Å². The maximum atomic E-state index is 13.9. The van der Waals surface area contributed by atoms with Crippen LogP contribution in [0.15, 0.2) is 48.5 Å². The fourth-order valence-corrected chi connectivity index (χ4v) is 2.23. The summed E-state index contributed by atoms with van der Waals surface area (Å²) in [7, 11) is 1.41. The zero-order valence-electron chi connectivity index (χ0n) is 13.7. The molecule has 0 heterocycles. The van der Waals surface area contributed by atoms with Crippen molar-refractivity contribution in [2.75, 3.05) is 13.7 Å². The number of carbonyl (C=O) groups is 1. The molecule has 2 aromatic rings. The van der Waals surface area contributed by atoms with E-state index in [2.05, 4.69) is 5.32 Å². The van der Waals surface area contributed by atoms with E-state index >= 15 is 0 Å². The van der Waals surface area contributed by atoms with Gasteiger partial charge >= 0.3 is 6.09 Å². The van der Waals surface area contributed by atoms with Crippen molar-refractivity contribution in [3.63, 3.8) is 0 Å². The summed E-state index contributed by atoms with van der Waals surface area (Å²) in [6, 6.07) is 11.7. The van der Waals surface area contributed by atoms with E-state index in [1.807, 2.05) is 18.2 Å². The van der Waals surface area contributed by atoms with Crippen LogP contribution in [0.2, 0.25) is 0 Å². The van der Waals surface area contributed by atoms with Gasteiger partial charge in [0.25, 0.3) is 0 Å². The van der Waals surface area contributed by atoms with Crippen molar-refractivity contribution < 1.29 is 28.9 Å². The minimum absolute atomic E-state index is 0.0361. The molecular weight excluding hydrogens is 329 g/mol.